The highest BCUT2D eigenvalue weighted by Crippen LogP contribution is 2.39. The third-order valence-electron chi connectivity index (χ3n) is 6.77. The molecule has 4 atom stereocenters. The predicted molar refractivity (Wildman–Crippen MR) is 124 cm³/mol. The van der Waals surface area contributed by atoms with Crippen LogP contribution >= 0.6 is 0 Å². The smallest absolute Gasteiger partial charge is 0.127 e. The summed E-state index contributed by atoms with van der Waals surface area (Å²) in [5.41, 5.74) is 8.77. The van der Waals surface area contributed by atoms with Crippen LogP contribution in [-0.4, -0.2) is 53.6 Å². The first-order valence-corrected chi connectivity index (χ1v) is 11.2. The summed E-state index contributed by atoms with van der Waals surface area (Å²) in [6.45, 7) is 2.76. The molecule has 0 amide bonds. The lowest BCUT2D eigenvalue weighted by atomic mass is 9.97. The predicted octanol–water partition coefficient (Wildman–Crippen LogP) is 3.53. The lowest BCUT2D eigenvalue weighted by Crippen LogP contribution is -2.35. The highest BCUT2D eigenvalue weighted by molar-refractivity contribution is 6.00. The Balaban J connectivity index is 1.32. The van der Waals surface area contributed by atoms with E-state index in [-0.39, 0.29) is 12.7 Å². The van der Waals surface area contributed by atoms with E-state index in [1.54, 1.807) is 0 Å². The number of rotatable bonds is 6. The third kappa shape index (κ3) is 4.26. The molecule has 2 aliphatic rings. The van der Waals surface area contributed by atoms with Crippen molar-refractivity contribution in [3.05, 3.63) is 60.7 Å². The number of nitrogens with two attached hydrogens (primary N) is 1. The number of hydrogen-bond donors (Lipinski definition) is 3. The molecule has 2 fully saturated rings. The molecule has 5 nitrogen and oxygen atoms in total. The Labute approximate surface area is 183 Å². The van der Waals surface area contributed by atoms with Crippen molar-refractivity contribution < 1.29 is 14.9 Å². The van der Waals surface area contributed by atoms with E-state index in [1.165, 1.54) is 0 Å². The van der Waals surface area contributed by atoms with Crippen molar-refractivity contribution in [2.24, 2.45) is 11.8 Å². The van der Waals surface area contributed by atoms with Crippen LogP contribution in [0.3, 0.4) is 0 Å². The fourth-order valence-electron chi connectivity index (χ4n) is 5.41. The van der Waals surface area contributed by atoms with E-state index in [0.29, 0.717) is 24.1 Å². The van der Waals surface area contributed by atoms with Gasteiger partial charge < -0.3 is 25.6 Å². The van der Waals surface area contributed by atoms with Crippen molar-refractivity contribution in [2.75, 3.05) is 32.0 Å². The average molecular weight is 419 g/mol. The molecule has 31 heavy (non-hydrogen) atoms. The Bertz CT molecular complexity index is 1060. The van der Waals surface area contributed by atoms with Crippen LogP contribution in [0.15, 0.2) is 60.7 Å². The van der Waals surface area contributed by atoms with Gasteiger partial charge >= 0.3 is 0 Å². The number of nitrogens with zero attached hydrogens (tertiary/aromatic N) is 1. The summed E-state index contributed by atoms with van der Waals surface area (Å²) in [6, 6.07) is 20.1. The molecule has 5 rings (SSSR count). The van der Waals surface area contributed by atoms with Crippen LogP contribution in [0.2, 0.25) is 0 Å². The van der Waals surface area contributed by atoms with Gasteiger partial charge in [0.15, 0.2) is 0 Å². The SMILES string of the molecule is Nc1cccc(-c2c(OCC(O)CN3C[C@H]4CC(O)C[C@H]4C3)ccc3ccccc23)c1. The Kier molecular flexibility index (Phi) is 5.57. The number of hydrogen-bond acceptors (Lipinski definition) is 5. The van der Waals surface area contributed by atoms with Crippen molar-refractivity contribution in [1.29, 1.82) is 0 Å². The third-order valence-corrected chi connectivity index (χ3v) is 6.77. The Morgan fingerprint density at radius 3 is 2.55 bits per heavy atom. The normalized spacial score (nSPS) is 24.4. The standard InChI is InChI=1S/C26H30N2O3/c27-21-6-3-5-18(10-21)26-24-7-2-1-4-17(24)8-9-25(26)31-16-23(30)15-28-13-19-11-22(29)12-20(19)14-28/h1-10,19-20,22-23,29-30H,11-16,27H2/t19-,20+,22?,23?. The zero-order valence-corrected chi connectivity index (χ0v) is 17.7. The first kappa shape index (κ1) is 20.3. The van der Waals surface area contributed by atoms with E-state index in [9.17, 15) is 10.2 Å². The zero-order valence-electron chi connectivity index (χ0n) is 17.7. The molecule has 1 saturated heterocycles. The molecule has 4 N–H and O–H groups in total. The minimum absolute atomic E-state index is 0.135. The van der Waals surface area contributed by atoms with Gasteiger partial charge in [0, 0.05) is 30.9 Å². The molecule has 162 valence electrons. The number of aliphatic hydroxyl groups excluding tert-OH is 2. The number of benzene rings is 3. The molecule has 1 aliphatic heterocycles. The minimum atomic E-state index is -0.566. The van der Waals surface area contributed by atoms with Crippen LogP contribution in [0.4, 0.5) is 5.69 Å². The second-order valence-corrected chi connectivity index (χ2v) is 9.11. The van der Waals surface area contributed by atoms with E-state index >= 15 is 0 Å². The molecule has 0 spiro atoms. The number of ether oxygens (including phenoxy) is 1. The summed E-state index contributed by atoms with van der Waals surface area (Å²) in [5, 5.41) is 22.7. The molecule has 3 aromatic carbocycles. The molecule has 2 unspecified atom stereocenters. The topological polar surface area (TPSA) is 79.0 Å². The Morgan fingerprint density at radius 2 is 1.77 bits per heavy atom. The maximum Gasteiger partial charge on any atom is 0.127 e. The maximum absolute atomic E-state index is 10.7. The molecule has 0 radical (unpaired) electrons. The van der Waals surface area contributed by atoms with E-state index in [0.717, 1.165) is 53.6 Å². The van der Waals surface area contributed by atoms with Crippen molar-refractivity contribution in [3.63, 3.8) is 0 Å². The highest BCUT2D eigenvalue weighted by Gasteiger charge is 2.40. The van der Waals surface area contributed by atoms with E-state index in [4.69, 9.17) is 10.5 Å². The van der Waals surface area contributed by atoms with Crippen molar-refractivity contribution in [2.45, 2.75) is 25.0 Å². The monoisotopic (exact) mass is 418 g/mol. The quantitative estimate of drug-likeness (QED) is 0.534. The van der Waals surface area contributed by atoms with Crippen LogP contribution in [0.25, 0.3) is 21.9 Å². The van der Waals surface area contributed by atoms with Gasteiger partial charge in [0.05, 0.1) is 6.10 Å². The summed E-state index contributed by atoms with van der Waals surface area (Å²) < 4.78 is 6.17. The van der Waals surface area contributed by atoms with Crippen LogP contribution in [0.5, 0.6) is 5.75 Å². The lowest BCUT2D eigenvalue weighted by molar-refractivity contribution is 0.0710. The van der Waals surface area contributed by atoms with Crippen molar-refractivity contribution in [1.82, 2.24) is 4.90 Å². The first-order chi connectivity index (χ1) is 15.1. The molecule has 3 aromatic rings. The molecular formula is C26H30N2O3. The van der Waals surface area contributed by atoms with E-state index in [1.807, 2.05) is 42.5 Å². The zero-order chi connectivity index (χ0) is 21.4. The van der Waals surface area contributed by atoms with Crippen LogP contribution < -0.4 is 10.5 Å². The van der Waals surface area contributed by atoms with Gasteiger partial charge in [0.2, 0.25) is 0 Å². The molecular weight excluding hydrogens is 388 g/mol. The summed E-state index contributed by atoms with van der Waals surface area (Å²) >= 11 is 0. The Hall–Kier alpha value is -2.60. The molecule has 0 bridgehead atoms. The number of nitrogen functional groups attached to an aromatic ring is 1. The van der Waals surface area contributed by atoms with Gasteiger partial charge in [-0.3, -0.25) is 0 Å². The van der Waals surface area contributed by atoms with Gasteiger partial charge in [-0.2, -0.15) is 0 Å². The van der Waals surface area contributed by atoms with E-state index < -0.39 is 6.10 Å². The Morgan fingerprint density at radius 1 is 1.00 bits per heavy atom. The van der Waals surface area contributed by atoms with Gasteiger partial charge in [-0.25, -0.2) is 0 Å². The maximum atomic E-state index is 10.7. The average Bonchev–Trinajstić information content (AvgIpc) is 3.28. The van der Waals surface area contributed by atoms with Crippen LogP contribution in [0, 0.1) is 11.8 Å². The molecule has 1 saturated carbocycles. The van der Waals surface area contributed by atoms with Crippen molar-refractivity contribution >= 4 is 16.5 Å². The molecule has 5 heteroatoms. The number of β-amino-alcohol motifs (C(OH)–C–C–N with tert-alkyl or cyclic N) is 1. The fraction of sp³-hybridized carbons (Fsp3) is 0.385. The number of likely N-dealkylation sites (tertiary alicyclic amines) is 1. The summed E-state index contributed by atoms with van der Waals surface area (Å²) in [5.74, 6) is 1.89. The second kappa shape index (κ2) is 8.50. The lowest BCUT2D eigenvalue weighted by Gasteiger charge is -2.22. The number of anilines is 1. The minimum Gasteiger partial charge on any atom is -0.490 e. The van der Waals surface area contributed by atoms with Gasteiger partial charge in [0.1, 0.15) is 18.5 Å². The number of fused-ring (bicyclic) bond motifs is 2. The fourth-order valence-corrected chi connectivity index (χ4v) is 5.41. The van der Waals surface area contributed by atoms with Crippen molar-refractivity contribution in [3.8, 4) is 16.9 Å². The summed E-state index contributed by atoms with van der Waals surface area (Å²) in [4.78, 5) is 2.31. The molecule has 0 aromatic heterocycles. The summed E-state index contributed by atoms with van der Waals surface area (Å²) in [6.07, 6.45) is 1.09. The highest BCUT2D eigenvalue weighted by atomic mass is 16.5. The largest absolute Gasteiger partial charge is 0.490 e. The first-order valence-electron chi connectivity index (χ1n) is 11.2. The van der Waals surface area contributed by atoms with Gasteiger partial charge in [-0.05, 0) is 59.2 Å². The molecule has 1 heterocycles. The second-order valence-electron chi connectivity index (χ2n) is 9.11. The van der Waals surface area contributed by atoms with Gasteiger partial charge in [-0.1, -0.05) is 42.5 Å². The van der Waals surface area contributed by atoms with Crippen LogP contribution in [0.1, 0.15) is 12.8 Å². The van der Waals surface area contributed by atoms with Gasteiger partial charge in [-0.15, -0.1) is 0 Å². The van der Waals surface area contributed by atoms with Gasteiger partial charge in [0.25, 0.3) is 0 Å². The summed E-state index contributed by atoms with van der Waals surface area (Å²) in [7, 11) is 0. The van der Waals surface area contributed by atoms with Crippen LogP contribution in [-0.2, 0) is 0 Å². The van der Waals surface area contributed by atoms with E-state index in [2.05, 4.69) is 23.1 Å². The molecule has 1 aliphatic carbocycles. The number of aliphatic hydroxyl groups is 2.